The number of hydrogen-bond donors (Lipinski definition) is 1. The predicted octanol–water partition coefficient (Wildman–Crippen LogP) is 2.89. The van der Waals surface area contributed by atoms with Crippen LogP contribution in [0.5, 0.6) is 0 Å². The van der Waals surface area contributed by atoms with Crippen molar-refractivity contribution >= 4 is 16.7 Å². The van der Waals surface area contributed by atoms with Crippen LogP contribution in [-0.4, -0.2) is 16.1 Å². The smallest absolute Gasteiger partial charge is 0.354 e. The van der Waals surface area contributed by atoms with Gasteiger partial charge in [-0.25, -0.2) is 9.78 Å². The Bertz CT molecular complexity index is 534. The number of pyridine rings is 1. The maximum Gasteiger partial charge on any atom is 0.354 e. The predicted molar refractivity (Wildman–Crippen MR) is 62.7 cm³/mol. The first kappa shape index (κ1) is 10.6. The van der Waals surface area contributed by atoms with Crippen molar-refractivity contribution in [3.63, 3.8) is 0 Å². The second-order valence-corrected chi connectivity index (χ2v) is 3.73. The number of carbonyl (C=O) groups is 1. The van der Waals surface area contributed by atoms with Crippen LogP contribution in [-0.2, 0) is 6.42 Å². The number of carboxylic acids is 1. The van der Waals surface area contributed by atoms with E-state index in [1.807, 2.05) is 24.3 Å². The van der Waals surface area contributed by atoms with E-state index < -0.39 is 5.97 Å². The summed E-state index contributed by atoms with van der Waals surface area (Å²) in [4.78, 5) is 15.1. The molecule has 0 aliphatic rings. The molecule has 0 aliphatic heterocycles. The van der Waals surface area contributed by atoms with Gasteiger partial charge in [-0.1, -0.05) is 37.6 Å². The van der Waals surface area contributed by atoms with E-state index in [9.17, 15) is 4.79 Å². The molecule has 0 unspecified atom stereocenters. The molecule has 1 N–H and O–H groups in total. The highest BCUT2D eigenvalue weighted by atomic mass is 16.4. The van der Waals surface area contributed by atoms with Crippen molar-refractivity contribution in [2.75, 3.05) is 0 Å². The first-order valence-electron chi connectivity index (χ1n) is 5.34. The summed E-state index contributed by atoms with van der Waals surface area (Å²) in [6.07, 6.45) is 1.77. The lowest BCUT2D eigenvalue weighted by Crippen LogP contribution is -2.03. The van der Waals surface area contributed by atoms with E-state index in [0.717, 1.165) is 29.3 Å². The molecule has 0 spiro atoms. The standard InChI is InChI=1S/C13H13NO2/c1-2-5-11-10-7-4-3-6-9(10)8-12(14-11)13(15)16/h3-4,6-8H,2,5H2,1H3,(H,15,16). The van der Waals surface area contributed by atoms with Gasteiger partial charge in [0.1, 0.15) is 5.69 Å². The average Bonchev–Trinajstić information content (AvgIpc) is 2.29. The van der Waals surface area contributed by atoms with E-state index in [0.29, 0.717) is 0 Å². The number of nitrogens with zero attached hydrogens (tertiary/aromatic N) is 1. The largest absolute Gasteiger partial charge is 0.477 e. The molecule has 1 aromatic carbocycles. The molecule has 1 aromatic heterocycles. The molecule has 0 bridgehead atoms. The third-order valence-corrected chi connectivity index (χ3v) is 2.53. The zero-order valence-electron chi connectivity index (χ0n) is 9.10. The van der Waals surface area contributed by atoms with Gasteiger partial charge in [-0.05, 0) is 17.9 Å². The molecule has 0 saturated heterocycles. The van der Waals surface area contributed by atoms with Crippen LogP contribution in [0.25, 0.3) is 10.8 Å². The molecule has 16 heavy (non-hydrogen) atoms. The molecule has 0 atom stereocenters. The molecule has 82 valence electrons. The molecule has 0 fully saturated rings. The molecule has 0 aliphatic carbocycles. The van der Waals surface area contributed by atoms with Gasteiger partial charge in [0.05, 0.1) is 0 Å². The van der Waals surface area contributed by atoms with Crippen LogP contribution < -0.4 is 0 Å². The SMILES string of the molecule is CCCc1nc(C(=O)O)cc2ccccc12. The van der Waals surface area contributed by atoms with Gasteiger partial charge in [-0.3, -0.25) is 0 Å². The average molecular weight is 215 g/mol. The van der Waals surface area contributed by atoms with E-state index in [4.69, 9.17) is 5.11 Å². The van der Waals surface area contributed by atoms with Crippen molar-refractivity contribution in [1.29, 1.82) is 0 Å². The normalized spacial score (nSPS) is 10.6. The third kappa shape index (κ3) is 1.89. The van der Waals surface area contributed by atoms with Gasteiger partial charge in [0.2, 0.25) is 0 Å². The Kier molecular flexibility index (Phi) is 2.86. The second kappa shape index (κ2) is 4.31. The van der Waals surface area contributed by atoms with E-state index in [2.05, 4.69) is 11.9 Å². The van der Waals surface area contributed by atoms with Crippen molar-refractivity contribution in [3.8, 4) is 0 Å². The Morgan fingerprint density at radius 3 is 2.81 bits per heavy atom. The fraction of sp³-hybridized carbons (Fsp3) is 0.231. The molecular formula is C13H13NO2. The van der Waals surface area contributed by atoms with Crippen LogP contribution in [0.15, 0.2) is 30.3 Å². The van der Waals surface area contributed by atoms with E-state index in [1.165, 1.54) is 0 Å². The zero-order valence-corrected chi connectivity index (χ0v) is 9.10. The summed E-state index contributed by atoms with van der Waals surface area (Å²) in [7, 11) is 0. The molecule has 3 nitrogen and oxygen atoms in total. The summed E-state index contributed by atoms with van der Waals surface area (Å²) < 4.78 is 0. The van der Waals surface area contributed by atoms with Gasteiger partial charge >= 0.3 is 5.97 Å². The van der Waals surface area contributed by atoms with E-state index in [-0.39, 0.29) is 5.69 Å². The van der Waals surface area contributed by atoms with Gasteiger partial charge in [0, 0.05) is 11.1 Å². The van der Waals surface area contributed by atoms with E-state index >= 15 is 0 Å². The fourth-order valence-electron chi connectivity index (χ4n) is 1.81. The number of fused-ring (bicyclic) bond motifs is 1. The number of rotatable bonds is 3. The first-order chi connectivity index (χ1) is 7.72. The Labute approximate surface area is 93.7 Å². The van der Waals surface area contributed by atoms with Crippen LogP contribution in [0.1, 0.15) is 29.5 Å². The summed E-state index contributed by atoms with van der Waals surface area (Å²) >= 11 is 0. The maximum atomic E-state index is 10.9. The quantitative estimate of drug-likeness (QED) is 0.856. The van der Waals surface area contributed by atoms with Crippen molar-refractivity contribution in [3.05, 3.63) is 41.7 Å². The van der Waals surface area contributed by atoms with Crippen LogP contribution in [0.2, 0.25) is 0 Å². The number of carboxylic acid groups (broad SMARTS) is 1. The molecule has 2 rings (SSSR count). The fourth-order valence-corrected chi connectivity index (χ4v) is 1.81. The lowest BCUT2D eigenvalue weighted by Gasteiger charge is -2.06. The molecule has 0 amide bonds. The Balaban J connectivity index is 2.68. The summed E-state index contributed by atoms with van der Waals surface area (Å²) in [6, 6.07) is 9.38. The van der Waals surface area contributed by atoms with Gasteiger partial charge in [0.15, 0.2) is 0 Å². The Hall–Kier alpha value is -1.90. The van der Waals surface area contributed by atoms with Crippen molar-refractivity contribution in [2.24, 2.45) is 0 Å². The lowest BCUT2D eigenvalue weighted by atomic mass is 10.1. The maximum absolute atomic E-state index is 10.9. The molecule has 0 saturated carbocycles. The number of aromatic carboxylic acids is 1. The summed E-state index contributed by atoms with van der Waals surface area (Å²) in [6.45, 7) is 2.06. The van der Waals surface area contributed by atoms with Crippen molar-refractivity contribution < 1.29 is 9.90 Å². The minimum atomic E-state index is -0.969. The first-order valence-corrected chi connectivity index (χ1v) is 5.34. The summed E-state index contributed by atoms with van der Waals surface area (Å²) in [5, 5.41) is 11.0. The molecule has 3 heteroatoms. The zero-order chi connectivity index (χ0) is 11.5. The second-order valence-electron chi connectivity index (χ2n) is 3.73. The highest BCUT2D eigenvalue weighted by Crippen LogP contribution is 2.19. The molecular weight excluding hydrogens is 202 g/mol. The van der Waals surface area contributed by atoms with Crippen LogP contribution in [0.4, 0.5) is 0 Å². The minimum absolute atomic E-state index is 0.127. The summed E-state index contributed by atoms with van der Waals surface area (Å²) in [5.74, 6) is -0.969. The molecule has 2 aromatic rings. The topological polar surface area (TPSA) is 50.2 Å². The minimum Gasteiger partial charge on any atom is -0.477 e. The van der Waals surface area contributed by atoms with Gasteiger partial charge in [-0.2, -0.15) is 0 Å². The Morgan fingerprint density at radius 2 is 2.12 bits per heavy atom. The Morgan fingerprint density at radius 1 is 1.38 bits per heavy atom. The van der Waals surface area contributed by atoms with Crippen molar-refractivity contribution in [2.45, 2.75) is 19.8 Å². The van der Waals surface area contributed by atoms with Gasteiger partial charge in [0.25, 0.3) is 0 Å². The van der Waals surface area contributed by atoms with Gasteiger partial charge < -0.3 is 5.11 Å². The number of benzene rings is 1. The highest BCUT2D eigenvalue weighted by molar-refractivity contribution is 5.93. The number of aromatic nitrogens is 1. The highest BCUT2D eigenvalue weighted by Gasteiger charge is 2.09. The van der Waals surface area contributed by atoms with Crippen LogP contribution in [0.3, 0.4) is 0 Å². The number of aryl methyl sites for hydroxylation is 1. The van der Waals surface area contributed by atoms with Crippen LogP contribution in [0, 0.1) is 0 Å². The van der Waals surface area contributed by atoms with E-state index in [1.54, 1.807) is 6.07 Å². The third-order valence-electron chi connectivity index (χ3n) is 2.53. The monoisotopic (exact) mass is 215 g/mol. The summed E-state index contributed by atoms with van der Waals surface area (Å²) in [5.41, 5.74) is 1.00. The lowest BCUT2D eigenvalue weighted by molar-refractivity contribution is 0.0690. The molecule has 0 radical (unpaired) electrons. The van der Waals surface area contributed by atoms with Gasteiger partial charge in [-0.15, -0.1) is 0 Å². The van der Waals surface area contributed by atoms with Crippen molar-refractivity contribution in [1.82, 2.24) is 4.98 Å². The number of hydrogen-bond acceptors (Lipinski definition) is 2. The van der Waals surface area contributed by atoms with Crippen LogP contribution >= 0.6 is 0 Å². The molecule has 1 heterocycles.